The number of anilines is 1. The van der Waals surface area contributed by atoms with E-state index in [-0.39, 0.29) is 34.2 Å². The highest BCUT2D eigenvalue weighted by Crippen LogP contribution is 2.34. The summed E-state index contributed by atoms with van der Waals surface area (Å²) in [4.78, 5) is 45.6. The third-order valence-corrected chi connectivity index (χ3v) is 9.47. The van der Waals surface area contributed by atoms with Crippen molar-refractivity contribution >= 4 is 54.4 Å². The van der Waals surface area contributed by atoms with Gasteiger partial charge in [0, 0.05) is 13.1 Å². The molecule has 6 rings (SSSR count). The van der Waals surface area contributed by atoms with E-state index >= 15 is 0 Å². The number of morpholine rings is 1. The Kier molecular flexibility index (Phi) is 6.47. The van der Waals surface area contributed by atoms with Crippen LogP contribution >= 0.6 is 11.3 Å². The van der Waals surface area contributed by atoms with Crippen LogP contribution < -0.4 is 5.32 Å². The second-order valence-electron chi connectivity index (χ2n) is 8.99. The first-order valence-corrected chi connectivity index (χ1v) is 14.4. The van der Waals surface area contributed by atoms with E-state index in [0.29, 0.717) is 29.0 Å². The minimum atomic E-state index is -3.70. The summed E-state index contributed by atoms with van der Waals surface area (Å²) in [5, 5.41) is 2.96. The molecule has 12 heteroatoms. The summed E-state index contributed by atoms with van der Waals surface area (Å²) in [6.07, 6.45) is 0. The first-order valence-electron chi connectivity index (χ1n) is 12.2. The lowest BCUT2D eigenvalue weighted by molar-refractivity contribution is -0.120. The van der Waals surface area contributed by atoms with E-state index in [4.69, 9.17) is 4.74 Å². The second kappa shape index (κ2) is 9.97. The van der Waals surface area contributed by atoms with Gasteiger partial charge in [-0.25, -0.2) is 13.4 Å². The fraction of sp³-hybridized carbons (Fsp3) is 0.185. The van der Waals surface area contributed by atoms with Gasteiger partial charge in [0.1, 0.15) is 6.04 Å². The van der Waals surface area contributed by atoms with Gasteiger partial charge >= 0.3 is 0 Å². The number of carbonyl (C=O) groups excluding carboxylic acids is 3. The van der Waals surface area contributed by atoms with Crippen molar-refractivity contribution in [1.82, 2.24) is 14.2 Å². The number of carbonyl (C=O) groups is 3. The lowest BCUT2D eigenvalue weighted by Gasteiger charge is -2.25. The van der Waals surface area contributed by atoms with Gasteiger partial charge in [-0.2, -0.15) is 4.31 Å². The smallest absolute Gasteiger partial charge is 0.262 e. The Labute approximate surface area is 227 Å². The molecule has 198 valence electrons. The number of fused-ring (bicyclic) bond motifs is 2. The maximum atomic E-state index is 13.6. The van der Waals surface area contributed by atoms with Crippen LogP contribution in [0.5, 0.6) is 0 Å². The average molecular weight is 563 g/mol. The van der Waals surface area contributed by atoms with Crippen molar-refractivity contribution in [3.8, 4) is 0 Å². The lowest BCUT2D eigenvalue weighted by atomic mass is 10.0. The highest BCUT2D eigenvalue weighted by atomic mass is 32.2. The predicted molar refractivity (Wildman–Crippen MR) is 144 cm³/mol. The number of thiazole rings is 1. The Balaban J connectivity index is 1.31. The minimum absolute atomic E-state index is 0.131. The molecule has 0 bridgehead atoms. The molecule has 1 aromatic heterocycles. The van der Waals surface area contributed by atoms with Gasteiger partial charge in [-0.15, -0.1) is 0 Å². The van der Waals surface area contributed by atoms with Gasteiger partial charge in [-0.05, 0) is 35.9 Å². The molecule has 3 aromatic carbocycles. The zero-order valence-electron chi connectivity index (χ0n) is 20.4. The van der Waals surface area contributed by atoms with Gasteiger partial charge in [0.2, 0.25) is 10.0 Å². The van der Waals surface area contributed by atoms with Gasteiger partial charge < -0.3 is 4.74 Å². The fourth-order valence-corrected chi connectivity index (χ4v) is 7.14. The molecule has 0 spiro atoms. The first kappa shape index (κ1) is 25.3. The van der Waals surface area contributed by atoms with Crippen LogP contribution in [0.15, 0.2) is 77.7 Å². The minimum Gasteiger partial charge on any atom is -0.379 e. The van der Waals surface area contributed by atoms with E-state index in [0.717, 1.165) is 16.2 Å². The Morgan fingerprint density at radius 2 is 1.56 bits per heavy atom. The van der Waals surface area contributed by atoms with Crippen molar-refractivity contribution in [3.05, 3.63) is 89.5 Å². The van der Waals surface area contributed by atoms with E-state index < -0.39 is 33.8 Å². The molecule has 3 heterocycles. The molecule has 1 atom stereocenters. The number of ether oxygens (including phenoxy) is 1. The summed E-state index contributed by atoms with van der Waals surface area (Å²) in [6, 6.07) is 18.4. The van der Waals surface area contributed by atoms with Gasteiger partial charge in [-0.3, -0.25) is 24.6 Å². The SMILES string of the molecule is O=C(Nc1nc2ccc(S(=O)(=O)N3CCOCC3)cc2s1)C(c1ccccc1)N1C(=O)c2ccccc2C1=O. The van der Waals surface area contributed by atoms with Crippen LogP contribution in [-0.4, -0.2) is 66.6 Å². The molecule has 10 nitrogen and oxygen atoms in total. The number of nitrogens with zero attached hydrogens (tertiary/aromatic N) is 3. The van der Waals surface area contributed by atoms with Crippen molar-refractivity contribution in [1.29, 1.82) is 0 Å². The first-order chi connectivity index (χ1) is 18.8. The summed E-state index contributed by atoms with van der Waals surface area (Å²) in [5.74, 6) is -1.72. The third kappa shape index (κ3) is 4.51. The van der Waals surface area contributed by atoms with Gasteiger partial charge in [0.05, 0.1) is 39.5 Å². The molecule has 0 aliphatic carbocycles. The zero-order chi connectivity index (χ0) is 27.1. The summed E-state index contributed by atoms with van der Waals surface area (Å²) in [7, 11) is -3.70. The normalized spacial score (nSPS) is 16.9. The number of nitrogens with one attached hydrogen (secondary N) is 1. The predicted octanol–water partition coefficient (Wildman–Crippen LogP) is 3.29. The Hall–Kier alpha value is -3.97. The van der Waals surface area contributed by atoms with Crippen LogP contribution in [0.25, 0.3) is 10.2 Å². The fourth-order valence-electron chi connectivity index (χ4n) is 4.72. The molecule has 3 amide bonds. The molecule has 2 aliphatic heterocycles. The van der Waals surface area contributed by atoms with Crippen molar-refractivity contribution in [2.75, 3.05) is 31.6 Å². The number of rotatable bonds is 6. The molecule has 39 heavy (non-hydrogen) atoms. The number of amides is 3. The molecular weight excluding hydrogens is 540 g/mol. The molecule has 1 N–H and O–H groups in total. The molecule has 2 aliphatic rings. The topological polar surface area (TPSA) is 126 Å². The number of hydrogen-bond acceptors (Lipinski definition) is 8. The quantitative estimate of drug-likeness (QED) is 0.358. The maximum absolute atomic E-state index is 13.6. The Morgan fingerprint density at radius 3 is 2.23 bits per heavy atom. The van der Waals surface area contributed by atoms with Crippen molar-refractivity contribution in [2.24, 2.45) is 0 Å². The van der Waals surface area contributed by atoms with E-state index in [9.17, 15) is 22.8 Å². The molecule has 0 saturated carbocycles. The van der Waals surface area contributed by atoms with Crippen LogP contribution in [-0.2, 0) is 19.6 Å². The summed E-state index contributed by atoms with van der Waals surface area (Å²) in [6.45, 7) is 1.24. The maximum Gasteiger partial charge on any atom is 0.262 e. The molecular formula is C27H22N4O6S2. The van der Waals surface area contributed by atoms with Gasteiger partial charge in [-0.1, -0.05) is 53.8 Å². The Bertz CT molecular complexity index is 1680. The van der Waals surface area contributed by atoms with E-state index in [2.05, 4.69) is 10.3 Å². The lowest BCUT2D eigenvalue weighted by Crippen LogP contribution is -2.40. The van der Waals surface area contributed by atoms with Crippen LogP contribution in [0, 0.1) is 0 Å². The van der Waals surface area contributed by atoms with E-state index in [1.54, 1.807) is 60.7 Å². The molecule has 1 unspecified atom stereocenters. The van der Waals surface area contributed by atoms with Crippen molar-refractivity contribution in [3.63, 3.8) is 0 Å². The highest BCUT2D eigenvalue weighted by molar-refractivity contribution is 7.89. The molecule has 4 aromatic rings. The summed E-state index contributed by atoms with van der Waals surface area (Å²) >= 11 is 1.11. The summed E-state index contributed by atoms with van der Waals surface area (Å²) < 4.78 is 33.4. The van der Waals surface area contributed by atoms with Crippen LogP contribution in [0.3, 0.4) is 0 Å². The monoisotopic (exact) mass is 562 g/mol. The Morgan fingerprint density at radius 1 is 0.923 bits per heavy atom. The largest absolute Gasteiger partial charge is 0.379 e. The number of sulfonamides is 1. The molecule has 0 radical (unpaired) electrons. The number of aromatic nitrogens is 1. The van der Waals surface area contributed by atoms with Gasteiger partial charge in [0.25, 0.3) is 17.7 Å². The number of imide groups is 1. The standard InChI is InChI=1S/C27H22N4O6S2/c32-24(23(17-6-2-1-3-7-17)31-25(33)19-8-4-5-9-20(19)26(31)34)29-27-28-21-11-10-18(16-22(21)38-27)39(35,36)30-12-14-37-15-13-30/h1-11,16,23H,12-15H2,(H,28,29,32). The van der Waals surface area contributed by atoms with Crippen LogP contribution in [0.1, 0.15) is 32.3 Å². The molecule has 1 fully saturated rings. The number of benzene rings is 3. The highest BCUT2D eigenvalue weighted by Gasteiger charge is 2.43. The zero-order valence-corrected chi connectivity index (χ0v) is 22.1. The third-order valence-electron chi connectivity index (χ3n) is 6.65. The van der Waals surface area contributed by atoms with Crippen molar-refractivity contribution < 1.29 is 27.5 Å². The van der Waals surface area contributed by atoms with E-state index in [1.807, 2.05) is 0 Å². The molecule has 1 saturated heterocycles. The van der Waals surface area contributed by atoms with Gasteiger partial charge in [0.15, 0.2) is 5.13 Å². The van der Waals surface area contributed by atoms with Crippen molar-refractivity contribution in [2.45, 2.75) is 10.9 Å². The van der Waals surface area contributed by atoms with Crippen LogP contribution in [0.2, 0.25) is 0 Å². The van der Waals surface area contributed by atoms with Crippen LogP contribution in [0.4, 0.5) is 5.13 Å². The average Bonchev–Trinajstić information content (AvgIpc) is 3.47. The van der Waals surface area contributed by atoms with E-state index in [1.165, 1.54) is 16.4 Å². The second-order valence-corrected chi connectivity index (χ2v) is 12.0. The summed E-state index contributed by atoms with van der Waals surface area (Å²) in [5.41, 5.74) is 1.45. The number of hydrogen-bond donors (Lipinski definition) is 1.